The van der Waals surface area contributed by atoms with E-state index in [0.29, 0.717) is 33.5 Å². The van der Waals surface area contributed by atoms with Gasteiger partial charge in [0.25, 0.3) is 11.8 Å². The monoisotopic (exact) mass is 466 g/mol. The summed E-state index contributed by atoms with van der Waals surface area (Å²) in [6.45, 7) is 0. The van der Waals surface area contributed by atoms with Gasteiger partial charge in [0.05, 0.1) is 21.3 Å². The van der Waals surface area contributed by atoms with Crippen molar-refractivity contribution in [3.05, 3.63) is 88.6 Å². The average molecular weight is 467 g/mol. The van der Waals surface area contributed by atoms with Crippen LogP contribution in [0, 0.1) is 0 Å². The predicted octanol–water partition coefficient (Wildman–Crippen LogP) is 4.78. The predicted molar refractivity (Wildman–Crippen MR) is 128 cm³/mol. The number of halogens is 1. The number of methoxy groups -OCH3 is 3. The molecule has 33 heavy (non-hydrogen) atoms. The third-order valence-corrected chi connectivity index (χ3v) is 4.93. The van der Waals surface area contributed by atoms with Gasteiger partial charge in [-0.3, -0.25) is 9.59 Å². The van der Waals surface area contributed by atoms with Crippen LogP contribution < -0.4 is 24.8 Å². The van der Waals surface area contributed by atoms with Crippen molar-refractivity contribution in [2.45, 2.75) is 0 Å². The molecule has 8 heteroatoms. The van der Waals surface area contributed by atoms with Crippen LogP contribution in [0.25, 0.3) is 6.08 Å². The van der Waals surface area contributed by atoms with Gasteiger partial charge in [-0.25, -0.2) is 0 Å². The van der Waals surface area contributed by atoms with Crippen molar-refractivity contribution in [3.63, 3.8) is 0 Å². The smallest absolute Gasteiger partial charge is 0.272 e. The van der Waals surface area contributed by atoms with Gasteiger partial charge >= 0.3 is 0 Å². The number of anilines is 1. The summed E-state index contributed by atoms with van der Waals surface area (Å²) in [6, 6.07) is 18.5. The quantitative estimate of drug-likeness (QED) is 0.467. The first-order valence-corrected chi connectivity index (χ1v) is 10.3. The first kappa shape index (κ1) is 23.7. The average Bonchev–Trinajstić information content (AvgIpc) is 2.84. The fourth-order valence-electron chi connectivity index (χ4n) is 3.00. The summed E-state index contributed by atoms with van der Waals surface area (Å²) < 4.78 is 15.9. The van der Waals surface area contributed by atoms with E-state index in [-0.39, 0.29) is 11.3 Å². The number of carbonyl (C=O) groups excluding carboxylic acids is 2. The number of hydrogen-bond donors (Lipinski definition) is 2. The molecule has 3 aromatic carbocycles. The van der Waals surface area contributed by atoms with Crippen LogP contribution in [0.5, 0.6) is 17.2 Å². The zero-order valence-electron chi connectivity index (χ0n) is 18.3. The molecule has 0 saturated heterocycles. The van der Waals surface area contributed by atoms with E-state index in [1.165, 1.54) is 27.4 Å². The summed E-state index contributed by atoms with van der Waals surface area (Å²) in [4.78, 5) is 26.1. The van der Waals surface area contributed by atoms with Gasteiger partial charge in [0.2, 0.25) is 0 Å². The number of nitrogens with one attached hydrogen (secondary N) is 2. The molecule has 0 unspecified atom stereocenters. The first-order valence-electron chi connectivity index (χ1n) is 9.90. The van der Waals surface area contributed by atoms with E-state index in [1.807, 2.05) is 6.07 Å². The summed E-state index contributed by atoms with van der Waals surface area (Å²) in [5.41, 5.74) is 1.46. The van der Waals surface area contributed by atoms with Gasteiger partial charge < -0.3 is 24.8 Å². The van der Waals surface area contributed by atoms with Crippen LogP contribution in [0.1, 0.15) is 15.9 Å². The summed E-state index contributed by atoms with van der Waals surface area (Å²) in [6.07, 6.45) is 1.54. The van der Waals surface area contributed by atoms with Crippen molar-refractivity contribution in [2.75, 3.05) is 26.6 Å². The zero-order valence-corrected chi connectivity index (χ0v) is 19.1. The number of benzene rings is 3. The maximum absolute atomic E-state index is 13.1. The maximum Gasteiger partial charge on any atom is 0.272 e. The Hall–Kier alpha value is -3.97. The van der Waals surface area contributed by atoms with Crippen LogP contribution in [-0.4, -0.2) is 33.1 Å². The highest BCUT2D eigenvalue weighted by molar-refractivity contribution is 6.30. The highest BCUT2D eigenvalue weighted by atomic mass is 35.5. The first-order chi connectivity index (χ1) is 15.9. The van der Waals surface area contributed by atoms with E-state index < -0.39 is 11.8 Å². The number of rotatable bonds is 8. The molecule has 3 aromatic rings. The molecule has 3 rings (SSSR count). The largest absolute Gasteiger partial charge is 0.496 e. The Morgan fingerprint density at radius 3 is 2.15 bits per heavy atom. The molecule has 0 aliphatic carbocycles. The van der Waals surface area contributed by atoms with Gasteiger partial charge in [-0.2, -0.15) is 0 Å². The summed E-state index contributed by atoms with van der Waals surface area (Å²) in [7, 11) is 4.52. The van der Waals surface area contributed by atoms with Crippen molar-refractivity contribution >= 4 is 35.2 Å². The van der Waals surface area contributed by atoms with Crippen molar-refractivity contribution in [1.82, 2.24) is 5.32 Å². The van der Waals surface area contributed by atoms with Crippen molar-refractivity contribution in [3.8, 4) is 17.2 Å². The van der Waals surface area contributed by atoms with Gasteiger partial charge in [0, 0.05) is 21.8 Å². The van der Waals surface area contributed by atoms with Gasteiger partial charge in [0.1, 0.15) is 11.4 Å². The Morgan fingerprint density at radius 2 is 1.48 bits per heavy atom. The molecular weight excluding hydrogens is 444 g/mol. The topological polar surface area (TPSA) is 85.9 Å². The Labute approximate surface area is 196 Å². The molecule has 0 saturated carbocycles. The second-order valence-electron chi connectivity index (χ2n) is 6.78. The van der Waals surface area contributed by atoms with Gasteiger partial charge in [-0.05, 0) is 54.6 Å². The number of amides is 2. The van der Waals surface area contributed by atoms with E-state index in [9.17, 15) is 9.59 Å². The van der Waals surface area contributed by atoms with Crippen molar-refractivity contribution < 1.29 is 23.8 Å². The fourth-order valence-corrected chi connectivity index (χ4v) is 3.13. The van der Waals surface area contributed by atoms with Crippen molar-refractivity contribution in [2.24, 2.45) is 0 Å². The minimum atomic E-state index is -0.517. The SMILES string of the molecule is COc1ccccc1/C=C(\NC(=O)c1ccc(OC)c(OC)c1)C(=O)Nc1ccc(Cl)cc1. The molecule has 0 aliphatic heterocycles. The highest BCUT2D eigenvalue weighted by Crippen LogP contribution is 2.28. The molecule has 0 aliphatic rings. The fraction of sp³-hybridized carbons (Fsp3) is 0.120. The van der Waals surface area contributed by atoms with Gasteiger partial charge in [-0.1, -0.05) is 29.8 Å². The third kappa shape index (κ3) is 6.05. The van der Waals surface area contributed by atoms with Crippen LogP contribution >= 0.6 is 11.6 Å². The molecule has 0 radical (unpaired) electrons. The summed E-state index contributed by atoms with van der Waals surface area (Å²) in [5.74, 6) is 0.417. The van der Waals surface area contributed by atoms with Crippen LogP contribution in [-0.2, 0) is 4.79 Å². The Morgan fingerprint density at radius 1 is 0.818 bits per heavy atom. The van der Waals surface area contributed by atoms with E-state index in [1.54, 1.807) is 60.7 Å². The summed E-state index contributed by atoms with van der Waals surface area (Å²) in [5, 5.41) is 5.99. The standard InChI is InChI=1S/C25H23ClN2O5/c1-31-21-7-5-4-6-16(21)14-20(25(30)27-19-11-9-18(26)10-12-19)28-24(29)17-8-13-22(32-2)23(15-17)33-3/h4-15H,1-3H3,(H,27,30)(H,28,29)/b20-14-. The minimum Gasteiger partial charge on any atom is -0.496 e. The lowest BCUT2D eigenvalue weighted by Crippen LogP contribution is -2.30. The molecule has 7 nitrogen and oxygen atoms in total. The Kier molecular flexibility index (Phi) is 7.94. The number of hydrogen-bond acceptors (Lipinski definition) is 5. The van der Waals surface area contributed by atoms with Crippen LogP contribution in [0.3, 0.4) is 0 Å². The molecule has 0 fully saturated rings. The maximum atomic E-state index is 13.1. The number of carbonyl (C=O) groups is 2. The lowest BCUT2D eigenvalue weighted by molar-refractivity contribution is -0.113. The van der Waals surface area contributed by atoms with Crippen LogP contribution in [0.4, 0.5) is 5.69 Å². The third-order valence-electron chi connectivity index (χ3n) is 4.68. The van der Waals surface area contributed by atoms with Crippen LogP contribution in [0.2, 0.25) is 5.02 Å². The Bertz CT molecular complexity index is 1180. The van der Waals surface area contributed by atoms with E-state index in [0.717, 1.165) is 0 Å². The normalized spacial score (nSPS) is 10.8. The second kappa shape index (κ2) is 11.1. The molecule has 0 spiro atoms. The number of ether oxygens (including phenoxy) is 3. The molecule has 0 aromatic heterocycles. The van der Waals surface area contributed by atoms with E-state index in [4.69, 9.17) is 25.8 Å². The molecule has 2 amide bonds. The molecule has 0 bridgehead atoms. The highest BCUT2D eigenvalue weighted by Gasteiger charge is 2.17. The molecule has 0 heterocycles. The lowest BCUT2D eigenvalue weighted by Gasteiger charge is -2.13. The van der Waals surface area contributed by atoms with Gasteiger partial charge in [-0.15, -0.1) is 0 Å². The number of para-hydroxylation sites is 1. The molecular formula is C25H23ClN2O5. The zero-order chi connectivity index (χ0) is 23.8. The molecule has 2 N–H and O–H groups in total. The van der Waals surface area contributed by atoms with E-state index >= 15 is 0 Å². The lowest BCUT2D eigenvalue weighted by atomic mass is 10.1. The summed E-state index contributed by atoms with van der Waals surface area (Å²) >= 11 is 5.92. The van der Waals surface area contributed by atoms with Gasteiger partial charge in [0.15, 0.2) is 11.5 Å². The molecule has 0 atom stereocenters. The minimum absolute atomic E-state index is 0.0224. The van der Waals surface area contributed by atoms with Crippen molar-refractivity contribution in [1.29, 1.82) is 0 Å². The van der Waals surface area contributed by atoms with E-state index in [2.05, 4.69) is 10.6 Å². The Balaban J connectivity index is 1.94. The molecule has 170 valence electrons. The second-order valence-corrected chi connectivity index (χ2v) is 7.22. The van der Waals surface area contributed by atoms with Crippen LogP contribution in [0.15, 0.2) is 72.4 Å².